The van der Waals surface area contributed by atoms with E-state index in [-0.39, 0.29) is 11.9 Å². The molecule has 1 N–H and O–H groups in total. The van der Waals surface area contributed by atoms with Crippen LogP contribution >= 0.6 is 0 Å². The number of nitrogens with one attached hydrogen (secondary N) is 1. The second-order valence-electron chi connectivity index (χ2n) is 4.26. The largest absolute Gasteiger partial charge is 0.377 e. The van der Waals surface area contributed by atoms with Crippen molar-refractivity contribution in [3.63, 3.8) is 0 Å². The van der Waals surface area contributed by atoms with Crippen molar-refractivity contribution in [2.24, 2.45) is 0 Å². The van der Waals surface area contributed by atoms with Crippen molar-refractivity contribution < 1.29 is 4.39 Å². The zero-order chi connectivity index (χ0) is 13.0. The maximum Gasteiger partial charge on any atom is 0.128 e. The van der Waals surface area contributed by atoms with Crippen LogP contribution in [0.5, 0.6) is 0 Å². The molecule has 0 aliphatic carbocycles. The van der Waals surface area contributed by atoms with Crippen molar-refractivity contribution >= 4 is 5.69 Å². The molecule has 3 heteroatoms. The number of pyridine rings is 1. The molecule has 2 aromatic rings. The minimum absolute atomic E-state index is 0.0332. The second-order valence-corrected chi connectivity index (χ2v) is 4.26. The number of aromatic nitrogens is 1. The van der Waals surface area contributed by atoms with E-state index in [4.69, 9.17) is 0 Å². The van der Waals surface area contributed by atoms with Crippen LogP contribution in [0, 0.1) is 12.7 Å². The number of nitrogens with zero attached hydrogens (tertiary/aromatic N) is 1. The molecule has 0 amide bonds. The number of halogens is 1. The summed E-state index contributed by atoms with van der Waals surface area (Å²) in [6.07, 6.45) is 2.57. The summed E-state index contributed by atoms with van der Waals surface area (Å²) in [5.41, 5.74) is 2.57. The highest BCUT2D eigenvalue weighted by Gasteiger charge is 2.14. The fraction of sp³-hybridized carbons (Fsp3) is 0.267. The lowest BCUT2D eigenvalue weighted by Crippen LogP contribution is -2.12. The average Bonchev–Trinajstić information content (AvgIpc) is 2.39. The van der Waals surface area contributed by atoms with Gasteiger partial charge in [0.15, 0.2) is 0 Å². The molecule has 0 aliphatic heterocycles. The van der Waals surface area contributed by atoms with Gasteiger partial charge in [-0.3, -0.25) is 4.98 Å². The van der Waals surface area contributed by atoms with E-state index in [1.807, 2.05) is 38.1 Å². The predicted octanol–water partition coefficient (Wildman–Crippen LogP) is 4.09. The zero-order valence-corrected chi connectivity index (χ0v) is 10.7. The van der Waals surface area contributed by atoms with E-state index in [9.17, 15) is 4.39 Å². The van der Waals surface area contributed by atoms with E-state index in [0.717, 1.165) is 17.8 Å². The van der Waals surface area contributed by atoms with Gasteiger partial charge in [0.25, 0.3) is 0 Å². The Morgan fingerprint density at radius 2 is 2.00 bits per heavy atom. The van der Waals surface area contributed by atoms with Gasteiger partial charge in [0.05, 0.1) is 17.4 Å². The van der Waals surface area contributed by atoms with Gasteiger partial charge in [-0.25, -0.2) is 4.39 Å². The third-order valence-corrected chi connectivity index (χ3v) is 3.03. The van der Waals surface area contributed by atoms with E-state index in [1.54, 1.807) is 12.3 Å². The molecule has 0 saturated carbocycles. The van der Waals surface area contributed by atoms with Gasteiger partial charge in [0.1, 0.15) is 5.82 Å². The average molecular weight is 244 g/mol. The summed E-state index contributed by atoms with van der Waals surface area (Å²) in [5, 5.41) is 3.35. The Morgan fingerprint density at radius 3 is 2.67 bits per heavy atom. The minimum Gasteiger partial charge on any atom is -0.377 e. The number of aryl methyl sites for hydroxylation is 1. The standard InChI is InChI=1S/C15H17FN2/c1-3-14(12-7-4-5-8-13(12)16)18-15-9-6-10-17-11(15)2/h4-10,14,18H,3H2,1-2H3. The van der Waals surface area contributed by atoms with Gasteiger partial charge >= 0.3 is 0 Å². The quantitative estimate of drug-likeness (QED) is 0.876. The van der Waals surface area contributed by atoms with Crippen molar-refractivity contribution in [1.29, 1.82) is 0 Å². The van der Waals surface area contributed by atoms with Crippen LogP contribution in [0.1, 0.15) is 30.6 Å². The second kappa shape index (κ2) is 5.63. The maximum absolute atomic E-state index is 13.8. The fourth-order valence-electron chi connectivity index (χ4n) is 1.98. The molecule has 0 radical (unpaired) electrons. The maximum atomic E-state index is 13.8. The molecule has 1 atom stereocenters. The first kappa shape index (κ1) is 12.6. The van der Waals surface area contributed by atoms with Crippen LogP contribution in [0.4, 0.5) is 10.1 Å². The lowest BCUT2D eigenvalue weighted by atomic mass is 10.0. The Morgan fingerprint density at radius 1 is 1.22 bits per heavy atom. The van der Waals surface area contributed by atoms with Crippen molar-refractivity contribution in [3.05, 3.63) is 59.7 Å². The van der Waals surface area contributed by atoms with Gasteiger partial charge in [0, 0.05) is 11.8 Å². The number of hydrogen-bond acceptors (Lipinski definition) is 2. The molecule has 1 aromatic carbocycles. The lowest BCUT2D eigenvalue weighted by Gasteiger charge is -2.20. The van der Waals surface area contributed by atoms with E-state index >= 15 is 0 Å². The first-order chi connectivity index (χ1) is 8.72. The van der Waals surface area contributed by atoms with Crippen LogP contribution in [0.15, 0.2) is 42.6 Å². The number of anilines is 1. The molecule has 0 aliphatic rings. The van der Waals surface area contributed by atoms with Gasteiger partial charge in [-0.15, -0.1) is 0 Å². The Kier molecular flexibility index (Phi) is 3.92. The highest BCUT2D eigenvalue weighted by molar-refractivity contribution is 5.48. The van der Waals surface area contributed by atoms with Crippen molar-refractivity contribution in [3.8, 4) is 0 Å². The van der Waals surface area contributed by atoms with Gasteiger partial charge in [-0.2, -0.15) is 0 Å². The lowest BCUT2D eigenvalue weighted by molar-refractivity contribution is 0.587. The van der Waals surface area contributed by atoms with Crippen molar-refractivity contribution in [2.45, 2.75) is 26.3 Å². The summed E-state index contributed by atoms with van der Waals surface area (Å²) in [7, 11) is 0. The number of hydrogen-bond donors (Lipinski definition) is 1. The van der Waals surface area contributed by atoms with Gasteiger partial charge < -0.3 is 5.32 Å². The summed E-state index contributed by atoms with van der Waals surface area (Å²) in [4.78, 5) is 4.23. The summed E-state index contributed by atoms with van der Waals surface area (Å²) in [6.45, 7) is 3.98. The Bertz CT molecular complexity index is 525. The summed E-state index contributed by atoms with van der Waals surface area (Å²) in [6, 6.07) is 10.7. The predicted molar refractivity (Wildman–Crippen MR) is 72.0 cm³/mol. The normalized spacial score (nSPS) is 12.2. The first-order valence-electron chi connectivity index (χ1n) is 6.15. The summed E-state index contributed by atoms with van der Waals surface area (Å²) < 4.78 is 13.8. The highest BCUT2D eigenvalue weighted by atomic mass is 19.1. The molecule has 2 nitrogen and oxygen atoms in total. The van der Waals surface area contributed by atoms with Crippen LogP contribution in [0.2, 0.25) is 0 Å². The monoisotopic (exact) mass is 244 g/mol. The van der Waals surface area contributed by atoms with Gasteiger partial charge in [-0.05, 0) is 31.5 Å². The van der Waals surface area contributed by atoms with E-state index < -0.39 is 0 Å². The van der Waals surface area contributed by atoms with Crippen LogP contribution in [-0.2, 0) is 0 Å². The van der Waals surface area contributed by atoms with Crippen LogP contribution < -0.4 is 5.32 Å². The molecule has 0 fully saturated rings. The van der Waals surface area contributed by atoms with Crippen molar-refractivity contribution in [1.82, 2.24) is 4.98 Å². The molecule has 1 heterocycles. The third-order valence-electron chi connectivity index (χ3n) is 3.03. The minimum atomic E-state index is -0.168. The van der Waals surface area contributed by atoms with E-state index in [0.29, 0.717) is 5.56 Å². The summed E-state index contributed by atoms with van der Waals surface area (Å²) >= 11 is 0. The topological polar surface area (TPSA) is 24.9 Å². The number of rotatable bonds is 4. The molecule has 1 unspecified atom stereocenters. The van der Waals surface area contributed by atoms with Gasteiger partial charge in [-0.1, -0.05) is 25.1 Å². The van der Waals surface area contributed by atoms with Crippen LogP contribution in [-0.4, -0.2) is 4.98 Å². The Labute approximate surface area is 107 Å². The first-order valence-corrected chi connectivity index (χ1v) is 6.15. The molecular weight excluding hydrogens is 227 g/mol. The highest BCUT2D eigenvalue weighted by Crippen LogP contribution is 2.25. The van der Waals surface area contributed by atoms with E-state index in [1.165, 1.54) is 6.07 Å². The Hall–Kier alpha value is -1.90. The third kappa shape index (κ3) is 2.67. The fourth-order valence-corrected chi connectivity index (χ4v) is 1.98. The molecular formula is C15H17FN2. The van der Waals surface area contributed by atoms with Crippen LogP contribution in [0.3, 0.4) is 0 Å². The SMILES string of the molecule is CCC(Nc1cccnc1C)c1ccccc1F. The van der Waals surface area contributed by atoms with Crippen molar-refractivity contribution in [2.75, 3.05) is 5.32 Å². The molecule has 0 spiro atoms. The summed E-state index contributed by atoms with van der Waals surface area (Å²) in [5.74, 6) is -0.168. The molecule has 2 rings (SSSR count). The molecule has 0 bridgehead atoms. The molecule has 18 heavy (non-hydrogen) atoms. The van der Waals surface area contributed by atoms with E-state index in [2.05, 4.69) is 10.3 Å². The smallest absolute Gasteiger partial charge is 0.128 e. The van der Waals surface area contributed by atoms with Crippen LogP contribution in [0.25, 0.3) is 0 Å². The Balaban J connectivity index is 2.26. The zero-order valence-electron chi connectivity index (χ0n) is 10.7. The number of benzene rings is 1. The van der Waals surface area contributed by atoms with Gasteiger partial charge in [0.2, 0.25) is 0 Å². The molecule has 0 saturated heterocycles. The molecule has 94 valence electrons. The molecule has 1 aromatic heterocycles.